The molecule has 7 heteroatoms. The summed E-state index contributed by atoms with van der Waals surface area (Å²) in [5, 5.41) is 14.6. The largest absolute Gasteiger partial charge is 0.256 e. The molecule has 0 spiro atoms. The van der Waals surface area contributed by atoms with Crippen molar-refractivity contribution < 1.29 is 0 Å². The summed E-state index contributed by atoms with van der Waals surface area (Å²) in [6, 6.07) is 14.0. The van der Waals surface area contributed by atoms with Gasteiger partial charge in [0, 0.05) is 27.9 Å². The van der Waals surface area contributed by atoms with E-state index < -0.39 is 0 Å². The van der Waals surface area contributed by atoms with Gasteiger partial charge >= 0.3 is 0 Å². The van der Waals surface area contributed by atoms with E-state index in [1.54, 1.807) is 22.6 Å². The van der Waals surface area contributed by atoms with E-state index in [9.17, 15) is 0 Å². The molecule has 130 valence electrons. The van der Waals surface area contributed by atoms with Crippen molar-refractivity contribution in [1.29, 1.82) is 0 Å². The van der Waals surface area contributed by atoms with Crippen molar-refractivity contribution in [3.05, 3.63) is 70.4 Å². The molecule has 2 heterocycles. The predicted octanol–water partition coefficient (Wildman–Crippen LogP) is 4.77. The zero-order valence-electron chi connectivity index (χ0n) is 14.3. The Bertz CT molecular complexity index is 1090. The summed E-state index contributed by atoms with van der Waals surface area (Å²) in [5.41, 5.74) is 5.30. The lowest BCUT2D eigenvalue weighted by Crippen LogP contribution is -2.00. The van der Waals surface area contributed by atoms with Crippen LogP contribution in [-0.2, 0) is 5.75 Å². The number of pyridine rings is 1. The van der Waals surface area contributed by atoms with Gasteiger partial charge in [0.25, 0.3) is 0 Å². The fraction of sp³-hybridized carbons (Fsp3) is 0.158. The van der Waals surface area contributed by atoms with Gasteiger partial charge in [0.1, 0.15) is 0 Å². The molecule has 0 atom stereocenters. The maximum absolute atomic E-state index is 6.43. The van der Waals surface area contributed by atoms with Gasteiger partial charge in [-0.05, 0) is 59.7 Å². The number of fused-ring (bicyclic) bond motifs is 1. The molecule has 26 heavy (non-hydrogen) atoms. The van der Waals surface area contributed by atoms with Crippen molar-refractivity contribution in [3.8, 4) is 5.69 Å². The molecule has 0 fully saturated rings. The standard InChI is InChI=1S/C19H16ClN5S/c1-12-5-7-15(10-13(12)2)25-19(22-23-24-25)26-11-16-17(20)8-6-14-4-3-9-21-18(14)16/h3-10H,11H2,1-2H3. The summed E-state index contributed by atoms with van der Waals surface area (Å²) in [6.07, 6.45) is 1.78. The molecule has 0 bridgehead atoms. The van der Waals surface area contributed by atoms with Crippen LogP contribution in [0.3, 0.4) is 0 Å². The van der Waals surface area contributed by atoms with Gasteiger partial charge in [-0.25, -0.2) is 0 Å². The van der Waals surface area contributed by atoms with E-state index >= 15 is 0 Å². The van der Waals surface area contributed by atoms with Gasteiger partial charge in [0.2, 0.25) is 5.16 Å². The molecule has 4 rings (SSSR count). The summed E-state index contributed by atoms with van der Waals surface area (Å²) >= 11 is 7.97. The molecule has 0 N–H and O–H groups in total. The van der Waals surface area contributed by atoms with Gasteiger partial charge in [-0.2, -0.15) is 4.68 Å². The third-order valence-corrected chi connectivity index (χ3v) is 5.64. The van der Waals surface area contributed by atoms with E-state index in [-0.39, 0.29) is 0 Å². The summed E-state index contributed by atoms with van der Waals surface area (Å²) < 4.78 is 1.75. The third kappa shape index (κ3) is 3.18. The Kier molecular flexibility index (Phi) is 4.61. The number of tetrazole rings is 1. The minimum absolute atomic E-state index is 0.637. The molecule has 0 unspecified atom stereocenters. The molecule has 0 saturated heterocycles. The molecule has 0 aliphatic rings. The fourth-order valence-corrected chi connectivity index (χ4v) is 3.97. The Morgan fingerprint density at radius 2 is 1.96 bits per heavy atom. The minimum Gasteiger partial charge on any atom is -0.256 e. The Balaban J connectivity index is 1.65. The number of hydrogen-bond donors (Lipinski definition) is 0. The van der Waals surface area contributed by atoms with E-state index in [1.165, 1.54) is 11.1 Å². The lowest BCUT2D eigenvalue weighted by Gasteiger charge is -2.09. The monoisotopic (exact) mass is 381 g/mol. The predicted molar refractivity (Wildman–Crippen MR) is 105 cm³/mol. The molecule has 4 aromatic rings. The maximum Gasteiger partial charge on any atom is 0.214 e. The van der Waals surface area contributed by atoms with Crippen molar-refractivity contribution in [2.75, 3.05) is 0 Å². The molecule has 0 aliphatic heterocycles. The van der Waals surface area contributed by atoms with Crippen LogP contribution in [0.25, 0.3) is 16.6 Å². The van der Waals surface area contributed by atoms with Gasteiger partial charge < -0.3 is 0 Å². The Hall–Kier alpha value is -2.44. The van der Waals surface area contributed by atoms with Gasteiger partial charge in [-0.3, -0.25) is 4.98 Å². The number of rotatable bonds is 4. The van der Waals surface area contributed by atoms with Gasteiger partial charge in [-0.1, -0.05) is 41.6 Å². The van der Waals surface area contributed by atoms with Crippen LogP contribution < -0.4 is 0 Å². The highest BCUT2D eigenvalue weighted by molar-refractivity contribution is 7.98. The third-order valence-electron chi connectivity index (χ3n) is 4.34. The van der Waals surface area contributed by atoms with Crippen LogP contribution >= 0.6 is 23.4 Å². The zero-order chi connectivity index (χ0) is 18.1. The summed E-state index contributed by atoms with van der Waals surface area (Å²) in [5.74, 6) is 0.637. The molecule has 0 amide bonds. The Morgan fingerprint density at radius 1 is 1.08 bits per heavy atom. The number of hydrogen-bond acceptors (Lipinski definition) is 5. The van der Waals surface area contributed by atoms with Crippen molar-refractivity contribution in [2.45, 2.75) is 24.8 Å². The number of aromatic nitrogens is 5. The van der Waals surface area contributed by atoms with E-state index in [2.05, 4.69) is 46.5 Å². The molecule has 0 radical (unpaired) electrons. The van der Waals surface area contributed by atoms with Crippen LogP contribution in [0, 0.1) is 13.8 Å². The summed E-state index contributed by atoms with van der Waals surface area (Å²) in [4.78, 5) is 4.49. The zero-order valence-corrected chi connectivity index (χ0v) is 15.9. The Labute approximate surface area is 160 Å². The quantitative estimate of drug-likeness (QED) is 0.476. The lowest BCUT2D eigenvalue weighted by molar-refractivity contribution is 0.755. The first kappa shape index (κ1) is 17.0. The first-order valence-electron chi connectivity index (χ1n) is 8.14. The molecule has 0 aliphatic carbocycles. The maximum atomic E-state index is 6.43. The molecule has 2 aromatic heterocycles. The second-order valence-corrected chi connectivity index (χ2v) is 7.38. The van der Waals surface area contributed by atoms with E-state index in [0.29, 0.717) is 10.8 Å². The molecule has 0 saturated carbocycles. The number of thioether (sulfide) groups is 1. The van der Waals surface area contributed by atoms with Crippen molar-refractivity contribution >= 4 is 34.3 Å². The molecular formula is C19H16ClN5S. The average Bonchev–Trinajstić information content (AvgIpc) is 3.12. The topological polar surface area (TPSA) is 56.5 Å². The lowest BCUT2D eigenvalue weighted by atomic mass is 10.1. The van der Waals surface area contributed by atoms with Crippen LogP contribution in [0.15, 0.2) is 53.8 Å². The van der Waals surface area contributed by atoms with Crippen LogP contribution in [0.1, 0.15) is 16.7 Å². The van der Waals surface area contributed by atoms with Crippen LogP contribution in [-0.4, -0.2) is 25.2 Å². The van der Waals surface area contributed by atoms with E-state index in [1.807, 2.05) is 30.3 Å². The average molecular weight is 382 g/mol. The number of nitrogens with zero attached hydrogens (tertiary/aromatic N) is 5. The fourth-order valence-electron chi connectivity index (χ4n) is 2.74. The first-order valence-corrected chi connectivity index (χ1v) is 9.51. The number of aryl methyl sites for hydroxylation is 2. The highest BCUT2D eigenvalue weighted by Gasteiger charge is 2.13. The molecule has 2 aromatic carbocycles. The van der Waals surface area contributed by atoms with Gasteiger partial charge in [-0.15, -0.1) is 5.10 Å². The summed E-state index contributed by atoms with van der Waals surface area (Å²) in [7, 11) is 0. The second kappa shape index (κ2) is 7.05. The normalized spacial score (nSPS) is 11.2. The highest BCUT2D eigenvalue weighted by Crippen LogP contribution is 2.31. The highest BCUT2D eigenvalue weighted by atomic mass is 35.5. The van der Waals surface area contributed by atoms with Crippen LogP contribution in [0.2, 0.25) is 5.02 Å². The number of halogens is 1. The first-order chi connectivity index (χ1) is 12.6. The van der Waals surface area contributed by atoms with Crippen molar-refractivity contribution in [1.82, 2.24) is 25.2 Å². The van der Waals surface area contributed by atoms with Gasteiger partial charge in [0.15, 0.2) is 0 Å². The van der Waals surface area contributed by atoms with Crippen molar-refractivity contribution in [2.24, 2.45) is 0 Å². The Morgan fingerprint density at radius 3 is 2.81 bits per heavy atom. The molecular weight excluding hydrogens is 366 g/mol. The van der Waals surface area contributed by atoms with E-state index in [0.717, 1.165) is 27.3 Å². The second-order valence-electron chi connectivity index (χ2n) is 6.03. The van der Waals surface area contributed by atoms with E-state index in [4.69, 9.17) is 11.6 Å². The number of benzene rings is 2. The minimum atomic E-state index is 0.637. The molecule has 5 nitrogen and oxygen atoms in total. The summed E-state index contributed by atoms with van der Waals surface area (Å²) in [6.45, 7) is 4.17. The SMILES string of the molecule is Cc1ccc(-n2nnnc2SCc2c(Cl)ccc3cccnc23)cc1C. The van der Waals surface area contributed by atoms with Gasteiger partial charge in [0.05, 0.1) is 11.2 Å². The van der Waals surface area contributed by atoms with Crippen LogP contribution in [0.5, 0.6) is 0 Å². The van der Waals surface area contributed by atoms with Crippen molar-refractivity contribution in [3.63, 3.8) is 0 Å². The van der Waals surface area contributed by atoms with Crippen LogP contribution in [0.4, 0.5) is 0 Å². The smallest absolute Gasteiger partial charge is 0.214 e.